The molecule has 0 spiro atoms. The van der Waals surface area contributed by atoms with Crippen molar-refractivity contribution < 1.29 is 13.5 Å². The Bertz CT molecular complexity index is 978. The first-order chi connectivity index (χ1) is 12.6. The Morgan fingerprint density at radius 1 is 1.35 bits per heavy atom. The number of rotatable bonds is 5. The molecule has 0 amide bonds. The van der Waals surface area contributed by atoms with Gasteiger partial charge in [-0.2, -0.15) is 5.26 Å². The summed E-state index contributed by atoms with van der Waals surface area (Å²) in [4.78, 5) is 12.0. The van der Waals surface area contributed by atoms with Crippen molar-refractivity contribution in [3.8, 4) is 23.3 Å². The van der Waals surface area contributed by atoms with Gasteiger partial charge in [-0.15, -0.1) is 0 Å². The summed E-state index contributed by atoms with van der Waals surface area (Å²) in [5, 5.41) is 20.2. The van der Waals surface area contributed by atoms with Crippen molar-refractivity contribution in [1.29, 1.82) is 5.26 Å². The zero-order valence-corrected chi connectivity index (χ0v) is 16.2. The average molecular weight is 442 g/mol. The van der Waals surface area contributed by atoms with Gasteiger partial charge in [0.05, 0.1) is 16.2 Å². The molecule has 8 nitrogen and oxygen atoms in total. The second kappa shape index (κ2) is 9.30. The molecule has 1 aromatic carbocycles. The first-order valence-corrected chi connectivity index (χ1v) is 9.26. The van der Waals surface area contributed by atoms with Crippen molar-refractivity contribution in [2.45, 2.75) is 25.3 Å². The van der Waals surface area contributed by atoms with Gasteiger partial charge < -0.3 is 0 Å². The first kappa shape index (κ1) is 19.9. The van der Waals surface area contributed by atoms with E-state index in [0.29, 0.717) is 22.9 Å². The molecule has 0 N–H and O–H groups in total. The van der Waals surface area contributed by atoms with E-state index in [2.05, 4.69) is 31.4 Å². The van der Waals surface area contributed by atoms with Crippen LogP contribution < -0.4 is 5.76 Å². The fraction of sp³-hybridized carbons (Fsp3) is 0.267. The molecule has 2 heterocycles. The van der Waals surface area contributed by atoms with E-state index in [-0.39, 0.29) is 16.0 Å². The number of nitrogens with zero attached hydrogens (tertiary/aromatic N) is 5. The fourth-order valence-electron chi connectivity index (χ4n) is 1.86. The van der Waals surface area contributed by atoms with Crippen molar-refractivity contribution >= 4 is 27.7 Å². The zero-order valence-electron chi connectivity index (χ0n) is 13.8. The summed E-state index contributed by atoms with van der Waals surface area (Å²) < 4.78 is 24.1. The lowest BCUT2D eigenvalue weighted by atomic mass is 10.3. The van der Waals surface area contributed by atoms with Crippen LogP contribution >= 0.6 is 27.7 Å². The van der Waals surface area contributed by atoms with Gasteiger partial charge in [0.25, 0.3) is 0 Å². The third-order valence-electron chi connectivity index (χ3n) is 2.89. The molecule has 0 radical (unpaired) electrons. The van der Waals surface area contributed by atoms with Crippen LogP contribution in [0.25, 0.3) is 17.2 Å². The summed E-state index contributed by atoms with van der Waals surface area (Å²) in [7, 11) is 0. The highest BCUT2D eigenvalue weighted by Gasteiger charge is 2.23. The highest BCUT2D eigenvalue weighted by atomic mass is 79.9. The van der Waals surface area contributed by atoms with Gasteiger partial charge in [-0.05, 0) is 44.4 Å². The normalized spacial score (nSPS) is 10.1. The van der Waals surface area contributed by atoms with Crippen LogP contribution in [0.2, 0.25) is 0 Å². The van der Waals surface area contributed by atoms with Gasteiger partial charge in [0.2, 0.25) is 5.82 Å². The molecule has 0 saturated carbocycles. The molecule has 3 rings (SSSR count). The average Bonchev–Trinajstić information content (AvgIpc) is 3.26. The Labute approximate surface area is 160 Å². The molecule has 2 aromatic heterocycles. The molecule has 0 atom stereocenters. The Balaban J connectivity index is 0.00000117. The van der Waals surface area contributed by atoms with Crippen LogP contribution in [0.15, 0.2) is 41.6 Å². The summed E-state index contributed by atoms with van der Waals surface area (Å²) in [5.41, 5.74) is 0.532. The maximum Gasteiger partial charge on any atom is 0.446 e. The standard InChI is InChI=1S/C13H7BrFN5O3S.C2H6/c14-8-6-7(2-3-9(8)15)20-11(18-22-13(20)21)10-12(19-23-17-10)24-5-1-4-16;1-2/h2-3,6H,1,5H2;1-2H3. The fourth-order valence-corrected chi connectivity index (χ4v) is 2.96. The van der Waals surface area contributed by atoms with E-state index in [1.165, 1.54) is 30.0 Å². The number of benzene rings is 1. The van der Waals surface area contributed by atoms with Crippen LogP contribution in [-0.4, -0.2) is 25.8 Å². The van der Waals surface area contributed by atoms with Crippen LogP contribution in [0.4, 0.5) is 4.39 Å². The van der Waals surface area contributed by atoms with Crippen LogP contribution in [0.3, 0.4) is 0 Å². The molecular formula is C15H13BrFN5O3S. The Morgan fingerprint density at radius 2 is 2.12 bits per heavy atom. The molecule has 0 aliphatic carbocycles. The predicted molar refractivity (Wildman–Crippen MR) is 95.4 cm³/mol. The lowest BCUT2D eigenvalue weighted by molar-refractivity contribution is 0.299. The maximum atomic E-state index is 13.4. The second-order valence-corrected chi connectivity index (χ2v) is 6.32. The number of aromatic nitrogens is 4. The number of hydrogen-bond donors (Lipinski definition) is 0. The summed E-state index contributed by atoms with van der Waals surface area (Å²) in [6.45, 7) is 4.00. The Kier molecular flexibility index (Phi) is 7.11. The van der Waals surface area contributed by atoms with E-state index >= 15 is 0 Å². The SMILES string of the molecule is CC.N#CCCSc1nonc1-c1noc(=O)n1-c1ccc(F)c(Br)c1. The molecule has 0 unspecified atom stereocenters. The maximum absolute atomic E-state index is 13.4. The smallest absolute Gasteiger partial charge is 0.295 e. The zero-order chi connectivity index (χ0) is 19.1. The van der Waals surface area contributed by atoms with E-state index in [0.717, 1.165) is 4.57 Å². The highest BCUT2D eigenvalue weighted by molar-refractivity contribution is 9.10. The minimum absolute atomic E-state index is 0.0687. The van der Waals surface area contributed by atoms with Crippen molar-refractivity contribution in [2.75, 3.05) is 5.75 Å². The lowest BCUT2D eigenvalue weighted by Gasteiger charge is -2.04. The molecule has 0 bridgehead atoms. The van der Waals surface area contributed by atoms with Gasteiger partial charge in [-0.1, -0.05) is 30.8 Å². The summed E-state index contributed by atoms with van der Waals surface area (Å²) >= 11 is 4.30. The largest absolute Gasteiger partial charge is 0.446 e. The molecule has 3 aromatic rings. The van der Waals surface area contributed by atoms with E-state index in [1.807, 2.05) is 19.9 Å². The third kappa shape index (κ3) is 4.20. The molecule has 0 aliphatic rings. The minimum Gasteiger partial charge on any atom is -0.295 e. The summed E-state index contributed by atoms with van der Waals surface area (Å²) in [6, 6.07) is 6.02. The van der Waals surface area contributed by atoms with Crippen molar-refractivity contribution in [3.63, 3.8) is 0 Å². The molecule has 136 valence electrons. The molecular weight excluding hydrogens is 429 g/mol. The predicted octanol–water partition coefficient (Wildman–Crippen LogP) is 3.81. The van der Waals surface area contributed by atoms with Crippen molar-refractivity contribution in [1.82, 2.24) is 20.0 Å². The number of hydrogen-bond acceptors (Lipinski definition) is 8. The monoisotopic (exact) mass is 441 g/mol. The van der Waals surface area contributed by atoms with Gasteiger partial charge in [-0.25, -0.2) is 18.4 Å². The first-order valence-electron chi connectivity index (χ1n) is 7.48. The quantitative estimate of drug-likeness (QED) is 0.433. The summed E-state index contributed by atoms with van der Waals surface area (Å²) in [6.07, 6.45) is 0.313. The molecule has 0 saturated heterocycles. The lowest BCUT2D eigenvalue weighted by Crippen LogP contribution is -2.13. The highest BCUT2D eigenvalue weighted by Crippen LogP contribution is 2.29. The number of nitriles is 1. The summed E-state index contributed by atoms with van der Waals surface area (Å²) in [5.74, 6) is -0.693. The minimum atomic E-state index is -0.764. The van der Waals surface area contributed by atoms with Crippen LogP contribution in [0, 0.1) is 17.1 Å². The molecule has 26 heavy (non-hydrogen) atoms. The van der Waals surface area contributed by atoms with Gasteiger partial charge in [0.15, 0.2) is 10.7 Å². The van der Waals surface area contributed by atoms with Crippen molar-refractivity contribution in [2.24, 2.45) is 0 Å². The topological polar surface area (TPSA) is 111 Å². The van der Waals surface area contributed by atoms with E-state index in [1.54, 1.807) is 0 Å². The van der Waals surface area contributed by atoms with E-state index in [9.17, 15) is 9.18 Å². The van der Waals surface area contributed by atoms with Gasteiger partial charge in [-0.3, -0.25) is 4.52 Å². The van der Waals surface area contributed by atoms with Crippen LogP contribution in [0.5, 0.6) is 0 Å². The van der Waals surface area contributed by atoms with Crippen LogP contribution in [-0.2, 0) is 0 Å². The van der Waals surface area contributed by atoms with Gasteiger partial charge >= 0.3 is 5.76 Å². The second-order valence-electron chi connectivity index (χ2n) is 4.38. The van der Waals surface area contributed by atoms with E-state index < -0.39 is 11.6 Å². The van der Waals surface area contributed by atoms with E-state index in [4.69, 9.17) is 14.4 Å². The molecule has 0 aliphatic heterocycles. The molecule has 11 heteroatoms. The third-order valence-corrected chi connectivity index (χ3v) is 4.45. The molecule has 0 fully saturated rings. The van der Waals surface area contributed by atoms with Gasteiger partial charge in [0.1, 0.15) is 5.82 Å². The number of thioether (sulfide) groups is 1. The van der Waals surface area contributed by atoms with Gasteiger partial charge in [0, 0.05) is 12.2 Å². The van der Waals surface area contributed by atoms with Crippen molar-refractivity contribution in [3.05, 3.63) is 39.0 Å². The van der Waals surface area contributed by atoms with Crippen LogP contribution in [0.1, 0.15) is 20.3 Å². The number of halogens is 2. The Hall–Kier alpha value is -2.45. The Morgan fingerprint density at radius 3 is 2.81 bits per heavy atom.